The van der Waals surface area contributed by atoms with Crippen LogP contribution in [0.15, 0.2) is 146 Å². The van der Waals surface area contributed by atoms with Crippen LogP contribution in [0.25, 0.3) is 0 Å². The summed E-state index contributed by atoms with van der Waals surface area (Å²) in [5, 5.41) is 24.7. The van der Waals surface area contributed by atoms with Crippen molar-refractivity contribution in [1.82, 2.24) is 5.32 Å². The zero-order valence-electron chi connectivity index (χ0n) is 49.5. The number of carbonyl (C=O) groups excluding carboxylic acids is 1. The van der Waals surface area contributed by atoms with Gasteiger partial charge in [0, 0.05) is 6.42 Å². The van der Waals surface area contributed by atoms with Crippen molar-refractivity contribution in [2.24, 2.45) is 0 Å². The molecule has 4 atom stereocenters. The van der Waals surface area contributed by atoms with Gasteiger partial charge in [-0.1, -0.05) is 223 Å². The van der Waals surface area contributed by atoms with Crippen LogP contribution in [-0.4, -0.2) is 84.6 Å². The number of carbonyl (C=O) groups is 1. The highest BCUT2D eigenvalue weighted by Crippen LogP contribution is 2.43. The fourth-order valence-electron chi connectivity index (χ4n) is 8.00. The second-order valence-electron chi connectivity index (χ2n) is 21.1. The molecule has 0 aromatic heterocycles. The van der Waals surface area contributed by atoms with E-state index in [4.69, 9.17) is 9.05 Å². The van der Waals surface area contributed by atoms with E-state index in [9.17, 15) is 24.5 Å². The Morgan fingerprint density at radius 3 is 1.25 bits per heavy atom. The number of aliphatic hydroxyl groups excluding tert-OH is 2. The van der Waals surface area contributed by atoms with Crippen LogP contribution >= 0.6 is 7.82 Å². The molecule has 77 heavy (non-hydrogen) atoms. The van der Waals surface area contributed by atoms with Crippen LogP contribution in [-0.2, 0) is 18.4 Å². The van der Waals surface area contributed by atoms with E-state index in [1.165, 1.54) is 64.2 Å². The molecule has 9 nitrogen and oxygen atoms in total. The number of quaternary nitrogens is 1. The van der Waals surface area contributed by atoms with Crippen LogP contribution in [0.4, 0.5) is 0 Å². The van der Waals surface area contributed by atoms with Gasteiger partial charge in [-0.2, -0.15) is 0 Å². The normalized spacial score (nSPS) is 15.3. The Morgan fingerprint density at radius 2 is 0.831 bits per heavy atom. The third kappa shape index (κ3) is 56.9. The molecule has 0 rings (SSSR count). The first kappa shape index (κ1) is 73.3. The van der Waals surface area contributed by atoms with E-state index in [-0.39, 0.29) is 18.9 Å². The topological polar surface area (TPSA) is 125 Å². The standard InChI is InChI=1S/C67H113N2O7P/c1-6-8-10-12-14-16-18-20-21-22-23-24-25-26-27-28-29-30-31-32-33-34-35-36-37-38-39-40-41-42-43-44-45-46-47-48-50-52-54-56-58-60-66(71)68-64(63-76-77(73,74)75-62-61-69(3,4)5)67(72)65(70)59-57-55-53-51-49-19-17-15-13-11-9-7-2/h7-10,14-17,20-21,23-24,26-27,29-30,32-33,35-36,38-39,51,53,64-65,67,70,72H,6,11-13,18-19,22,25,28,31,34,37,40-50,52,54-63H2,1-5H3,(H-,68,71,73,74)/p+1/b9-7+,10-8-,16-14-,17-15+,21-20-,24-23-,27-26-,30-29-,33-32-,36-35-,39-38-,53-51+. The molecule has 0 aliphatic carbocycles. The monoisotopic (exact) mass is 1090 g/mol. The molecular formula is C67H114N2O7P+. The summed E-state index contributed by atoms with van der Waals surface area (Å²) in [6.45, 7) is 4.23. The molecule has 438 valence electrons. The van der Waals surface area contributed by atoms with Gasteiger partial charge in [0.05, 0.1) is 39.9 Å². The fourth-order valence-corrected chi connectivity index (χ4v) is 8.73. The van der Waals surface area contributed by atoms with Gasteiger partial charge in [0.15, 0.2) is 0 Å². The number of hydrogen-bond donors (Lipinski definition) is 4. The molecule has 0 aromatic carbocycles. The number of rotatable bonds is 53. The number of nitrogens with zero attached hydrogens (tertiary/aromatic N) is 1. The zero-order chi connectivity index (χ0) is 56.4. The predicted octanol–water partition coefficient (Wildman–Crippen LogP) is 17.8. The van der Waals surface area contributed by atoms with Crippen molar-refractivity contribution in [2.45, 2.75) is 231 Å². The second-order valence-corrected chi connectivity index (χ2v) is 22.6. The van der Waals surface area contributed by atoms with Gasteiger partial charge >= 0.3 is 7.82 Å². The molecule has 4 N–H and O–H groups in total. The third-order valence-electron chi connectivity index (χ3n) is 12.7. The molecular weight excluding hydrogens is 976 g/mol. The molecule has 0 saturated carbocycles. The molecule has 0 fully saturated rings. The Hall–Kier alpha value is -3.66. The maximum Gasteiger partial charge on any atom is 0.472 e. The van der Waals surface area contributed by atoms with E-state index in [1.807, 2.05) is 28.1 Å². The summed E-state index contributed by atoms with van der Waals surface area (Å²) in [6.07, 6.45) is 82.6. The molecule has 0 heterocycles. The Morgan fingerprint density at radius 1 is 0.481 bits per heavy atom. The Labute approximate surface area is 472 Å². The van der Waals surface area contributed by atoms with E-state index in [0.29, 0.717) is 30.3 Å². The van der Waals surface area contributed by atoms with Crippen molar-refractivity contribution in [3.05, 3.63) is 146 Å². The SMILES string of the molecule is C/C=C/CC/C=C/CC/C=C/CCCC(O)C(O)C(COP(=O)(O)OCC[N+](C)(C)C)NC(=O)CCCCCCCCCCCCCCC/C=C\C/C=C\C/C=C\C/C=C\C/C=C\C/C=C\C/C=C\C/C=C\C/C=C\CC. The molecule has 0 aliphatic heterocycles. The maximum absolute atomic E-state index is 13.0. The molecule has 0 radical (unpaired) electrons. The molecule has 4 unspecified atom stereocenters. The van der Waals surface area contributed by atoms with E-state index in [0.717, 1.165) is 109 Å². The van der Waals surface area contributed by atoms with Crippen molar-refractivity contribution >= 4 is 13.7 Å². The highest BCUT2D eigenvalue weighted by Gasteiger charge is 2.31. The van der Waals surface area contributed by atoms with Crippen LogP contribution in [0.3, 0.4) is 0 Å². The first-order chi connectivity index (χ1) is 37.4. The summed E-state index contributed by atoms with van der Waals surface area (Å²) < 4.78 is 23.6. The Kier molecular flexibility index (Phi) is 53.0. The predicted molar refractivity (Wildman–Crippen MR) is 333 cm³/mol. The lowest BCUT2D eigenvalue weighted by atomic mass is 10.0. The van der Waals surface area contributed by atoms with Gasteiger partial charge in [-0.15, -0.1) is 0 Å². The largest absolute Gasteiger partial charge is 0.472 e. The van der Waals surface area contributed by atoms with E-state index < -0.39 is 32.7 Å². The first-order valence-corrected chi connectivity index (χ1v) is 31.7. The summed E-state index contributed by atoms with van der Waals surface area (Å²) in [6, 6.07) is -1.07. The zero-order valence-corrected chi connectivity index (χ0v) is 50.4. The van der Waals surface area contributed by atoms with Gasteiger partial charge < -0.3 is 24.9 Å². The van der Waals surface area contributed by atoms with Gasteiger partial charge in [0.1, 0.15) is 19.3 Å². The van der Waals surface area contributed by atoms with Gasteiger partial charge in [0.25, 0.3) is 0 Å². The number of unbranched alkanes of at least 4 members (excludes halogenated alkanes) is 16. The molecule has 0 bridgehead atoms. The number of allylic oxidation sites excluding steroid dienone is 24. The lowest BCUT2D eigenvalue weighted by Gasteiger charge is -2.28. The molecule has 0 spiro atoms. The molecule has 0 saturated heterocycles. The number of nitrogens with one attached hydrogen (secondary N) is 1. The number of amides is 1. The van der Waals surface area contributed by atoms with Crippen LogP contribution in [0.5, 0.6) is 0 Å². The molecule has 0 aromatic rings. The average molecular weight is 1090 g/mol. The molecule has 1 amide bonds. The first-order valence-electron chi connectivity index (χ1n) is 30.3. The van der Waals surface area contributed by atoms with Gasteiger partial charge in [0.2, 0.25) is 5.91 Å². The minimum atomic E-state index is -4.44. The van der Waals surface area contributed by atoms with Crippen molar-refractivity contribution in [3.63, 3.8) is 0 Å². The van der Waals surface area contributed by atoms with E-state index in [2.05, 4.69) is 158 Å². The summed E-state index contributed by atoms with van der Waals surface area (Å²) in [7, 11) is 1.39. The van der Waals surface area contributed by atoms with Crippen LogP contribution in [0.1, 0.15) is 213 Å². The number of aliphatic hydroxyl groups is 2. The van der Waals surface area contributed by atoms with Gasteiger partial charge in [-0.25, -0.2) is 4.57 Å². The van der Waals surface area contributed by atoms with Gasteiger partial charge in [-0.05, 0) is 129 Å². The highest BCUT2D eigenvalue weighted by molar-refractivity contribution is 7.47. The third-order valence-corrected chi connectivity index (χ3v) is 13.7. The fraction of sp³-hybridized carbons (Fsp3) is 0.627. The van der Waals surface area contributed by atoms with Crippen molar-refractivity contribution in [3.8, 4) is 0 Å². The summed E-state index contributed by atoms with van der Waals surface area (Å²) in [4.78, 5) is 23.3. The summed E-state index contributed by atoms with van der Waals surface area (Å²) in [5.74, 6) is -0.282. The van der Waals surface area contributed by atoms with Crippen LogP contribution in [0, 0.1) is 0 Å². The lowest BCUT2D eigenvalue weighted by molar-refractivity contribution is -0.870. The minimum Gasteiger partial charge on any atom is -0.390 e. The number of phosphoric acid groups is 1. The number of phosphoric ester groups is 1. The highest BCUT2D eigenvalue weighted by atomic mass is 31.2. The Bertz CT molecular complexity index is 1780. The van der Waals surface area contributed by atoms with Crippen molar-refractivity contribution in [1.29, 1.82) is 0 Å². The summed E-state index contributed by atoms with van der Waals surface area (Å²) in [5.41, 5.74) is 0. The van der Waals surface area contributed by atoms with Crippen molar-refractivity contribution < 1.29 is 38.0 Å². The second kappa shape index (κ2) is 55.6. The number of hydrogen-bond acceptors (Lipinski definition) is 6. The van der Waals surface area contributed by atoms with Crippen LogP contribution in [0.2, 0.25) is 0 Å². The number of likely N-dealkylation sites (N-methyl/N-ethyl adjacent to an activating group) is 1. The Balaban J connectivity index is 4.10. The maximum atomic E-state index is 13.0. The smallest absolute Gasteiger partial charge is 0.390 e. The lowest BCUT2D eigenvalue weighted by Crippen LogP contribution is -2.51. The van der Waals surface area contributed by atoms with Crippen LogP contribution < -0.4 is 5.32 Å². The minimum absolute atomic E-state index is 0.00573. The molecule has 10 heteroatoms. The molecule has 0 aliphatic rings. The quantitative estimate of drug-likeness (QED) is 0.0207. The van der Waals surface area contributed by atoms with Crippen molar-refractivity contribution in [2.75, 3.05) is 40.9 Å². The van der Waals surface area contributed by atoms with Gasteiger partial charge in [-0.3, -0.25) is 13.8 Å². The van der Waals surface area contributed by atoms with E-state index >= 15 is 0 Å². The average Bonchev–Trinajstić information content (AvgIpc) is 3.39. The van der Waals surface area contributed by atoms with E-state index in [1.54, 1.807) is 0 Å². The summed E-state index contributed by atoms with van der Waals surface area (Å²) >= 11 is 0.